The van der Waals surface area contributed by atoms with Crippen LogP contribution in [0.15, 0.2) is 29.4 Å². The summed E-state index contributed by atoms with van der Waals surface area (Å²) in [5.74, 6) is -0.0931. The van der Waals surface area contributed by atoms with Gasteiger partial charge in [0.15, 0.2) is 0 Å². The molecule has 1 aromatic carbocycles. The molecule has 2 rings (SSSR count). The van der Waals surface area contributed by atoms with Crippen molar-refractivity contribution in [3.05, 3.63) is 35.4 Å². The average Bonchev–Trinajstić information content (AvgIpc) is 2.48. The van der Waals surface area contributed by atoms with Crippen LogP contribution in [-0.2, 0) is 14.9 Å². The number of hydrogen-bond donors (Lipinski definition) is 1. The number of amides is 1. The third-order valence-electron chi connectivity index (χ3n) is 3.65. The molecule has 1 aliphatic rings. The summed E-state index contributed by atoms with van der Waals surface area (Å²) in [6, 6.07) is 8.21. The molecule has 5 heteroatoms. The van der Waals surface area contributed by atoms with Crippen molar-refractivity contribution in [2.75, 3.05) is 32.8 Å². The van der Waals surface area contributed by atoms with Crippen molar-refractivity contribution < 1.29 is 9.53 Å². The van der Waals surface area contributed by atoms with Crippen LogP contribution >= 0.6 is 0 Å². The zero-order valence-corrected chi connectivity index (χ0v) is 13.6. The highest BCUT2D eigenvalue weighted by molar-refractivity contribution is 5.83. The molecule has 1 aromatic rings. The molecule has 120 valence electrons. The Morgan fingerprint density at radius 3 is 2.50 bits per heavy atom. The first kappa shape index (κ1) is 16.6. The van der Waals surface area contributed by atoms with Gasteiger partial charge in [-0.15, -0.1) is 0 Å². The van der Waals surface area contributed by atoms with Crippen molar-refractivity contribution in [3.8, 4) is 0 Å². The fourth-order valence-electron chi connectivity index (χ4n) is 2.25. The Morgan fingerprint density at radius 2 is 1.91 bits per heavy atom. The first-order valence-corrected chi connectivity index (χ1v) is 7.68. The molecular weight excluding hydrogens is 278 g/mol. The topological polar surface area (TPSA) is 53.9 Å². The molecule has 0 unspecified atom stereocenters. The minimum atomic E-state index is -0.0931. The molecule has 1 fully saturated rings. The number of hydrazone groups is 1. The minimum Gasteiger partial charge on any atom is -0.379 e. The summed E-state index contributed by atoms with van der Waals surface area (Å²) < 4.78 is 5.25. The van der Waals surface area contributed by atoms with Gasteiger partial charge in [0, 0.05) is 13.1 Å². The second-order valence-corrected chi connectivity index (χ2v) is 6.55. The molecule has 0 saturated carbocycles. The maximum Gasteiger partial charge on any atom is 0.254 e. The van der Waals surface area contributed by atoms with E-state index in [2.05, 4.69) is 48.3 Å². The number of nitrogens with zero attached hydrogens (tertiary/aromatic N) is 2. The lowest BCUT2D eigenvalue weighted by molar-refractivity contribution is -0.123. The zero-order chi connectivity index (χ0) is 16.0. The number of nitrogens with one attached hydrogen (secondary N) is 1. The van der Waals surface area contributed by atoms with Gasteiger partial charge in [-0.25, -0.2) is 5.43 Å². The van der Waals surface area contributed by atoms with E-state index in [1.54, 1.807) is 6.21 Å². The summed E-state index contributed by atoms with van der Waals surface area (Å²) in [7, 11) is 0. The van der Waals surface area contributed by atoms with Crippen molar-refractivity contribution in [1.29, 1.82) is 0 Å². The summed E-state index contributed by atoms with van der Waals surface area (Å²) >= 11 is 0. The van der Waals surface area contributed by atoms with Crippen molar-refractivity contribution in [1.82, 2.24) is 10.3 Å². The van der Waals surface area contributed by atoms with Gasteiger partial charge in [-0.1, -0.05) is 45.0 Å². The quantitative estimate of drug-likeness (QED) is 0.681. The highest BCUT2D eigenvalue weighted by atomic mass is 16.5. The van der Waals surface area contributed by atoms with Gasteiger partial charge in [-0.3, -0.25) is 9.69 Å². The Labute approximate surface area is 132 Å². The Morgan fingerprint density at radius 1 is 1.27 bits per heavy atom. The molecule has 22 heavy (non-hydrogen) atoms. The minimum absolute atomic E-state index is 0.0931. The number of ether oxygens (including phenoxy) is 1. The molecule has 1 aliphatic heterocycles. The smallest absolute Gasteiger partial charge is 0.254 e. The second-order valence-electron chi connectivity index (χ2n) is 6.55. The molecule has 0 bridgehead atoms. The normalized spacial score (nSPS) is 16.9. The van der Waals surface area contributed by atoms with Crippen LogP contribution in [0, 0.1) is 0 Å². The molecule has 1 amide bonds. The highest BCUT2D eigenvalue weighted by Crippen LogP contribution is 2.21. The second kappa shape index (κ2) is 7.51. The van der Waals surface area contributed by atoms with Gasteiger partial charge in [-0.2, -0.15) is 5.10 Å². The van der Waals surface area contributed by atoms with Gasteiger partial charge in [0.05, 0.1) is 26.0 Å². The fourth-order valence-corrected chi connectivity index (χ4v) is 2.25. The lowest BCUT2D eigenvalue weighted by atomic mass is 9.87. The van der Waals surface area contributed by atoms with Gasteiger partial charge in [0.1, 0.15) is 0 Å². The van der Waals surface area contributed by atoms with Crippen LogP contribution in [0.1, 0.15) is 31.9 Å². The van der Waals surface area contributed by atoms with Crippen LogP contribution in [0.3, 0.4) is 0 Å². The maximum atomic E-state index is 11.8. The molecule has 0 aromatic heterocycles. The molecule has 0 spiro atoms. The van der Waals surface area contributed by atoms with Crippen molar-refractivity contribution in [2.24, 2.45) is 5.10 Å². The van der Waals surface area contributed by atoms with Crippen LogP contribution in [-0.4, -0.2) is 49.9 Å². The van der Waals surface area contributed by atoms with E-state index in [0.717, 1.165) is 18.7 Å². The number of morpholine rings is 1. The first-order valence-electron chi connectivity index (χ1n) is 7.68. The molecule has 0 atom stereocenters. The van der Waals surface area contributed by atoms with E-state index in [1.807, 2.05) is 12.1 Å². The largest absolute Gasteiger partial charge is 0.379 e. The predicted octanol–water partition coefficient (Wildman–Crippen LogP) is 1.77. The van der Waals surface area contributed by atoms with Crippen molar-refractivity contribution in [3.63, 3.8) is 0 Å². The van der Waals surface area contributed by atoms with Crippen LogP contribution in [0.5, 0.6) is 0 Å². The van der Waals surface area contributed by atoms with E-state index in [9.17, 15) is 4.79 Å². The molecule has 5 nitrogen and oxygen atoms in total. The number of carbonyl (C=O) groups excluding carboxylic acids is 1. The first-order chi connectivity index (χ1) is 10.4. The summed E-state index contributed by atoms with van der Waals surface area (Å²) in [4.78, 5) is 13.8. The average molecular weight is 303 g/mol. The fraction of sp³-hybridized carbons (Fsp3) is 0.529. The van der Waals surface area contributed by atoms with Gasteiger partial charge >= 0.3 is 0 Å². The third-order valence-corrected chi connectivity index (χ3v) is 3.65. The lowest BCUT2D eigenvalue weighted by Crippen LogP contribution is -2.42. The Kier molecular flexibility index (Phi) is 5.69. The number of hydrogen-bond acceptors (Lipinski definition) is 4. The van der Waals surface area contributed by atoms with E-state index in [0.29, 0.717) is 19.8 Å². The zero-order valence-electron chi connectivity index (χ0n) is 13.6. The van der Waals surface area contributed by atoms with Gasteiger partial charge in [0.2, 0.25) is 0 Å². The number of carbonyl (C=O) groups is 1. The third kappa shape index (κ3) is 5.24. The summed E-state index contributed by atoms with van der Waals surface area (Å²) in [6.45, 7) is 9.89. The lowest BCUT2D eigenvalue weighted by Gasteiger charge is -2.25. The Hall–Kier alpha value is -1.72. The number of benzene rings is 1. The number of rotatable bonds is 4. The van der Waals surface area contributed by atoms with E-state index in [1.165, 1.54) is 5.56 Å². The Bertz CT molecular complexity index is 512. The van der Waals surface area contributed by atoms with Gasteiger partial charge in [0.25, 0.3) is 5.91 Å². The molecular formula is C17H25N3O2. The van der Waals surface area contributed by atoms with Gasteiger partial charge < -0.3 is 4.74 Å². The van der Waals surface area contributed by atoms with Crippen molar-refractivity contribution >= 4 is 12.1 Å². The molecule has 0 aliphatic carbocycles. The summed E-state index contributed by atoms with van der Waals surface area (Å²) in [5.41, 5.74) is 4.96. The van der Waals surface area contributed by atoms with Crippen LogP contribution in [0.25, 0.3) is 0 Å². The molecule has 0 radical (unpaired) electrons. The predicted molar refractivity (Wildman–Crippen MR) is 88.1 cm³/mol. The van der Waals surface area contributed by atoms with Crippen molar-refractivity contribution in [2.45, 2.75) is 26.2 Å². The van der Waals surface area contributed by atoms with E-state index in [-0.39, 0.29) is 11.3 Å². The Balaban J connectivity index is 1.80. The van der Waals surface area contributed by atoms with Crippen LogP contribution in [0.2, 0.25) is 0 Å². The summed E-state index contributed by atoms with van der Waals surface area (Å²) in [6.07, 6.45) is 1.67. The SMILES string of the molecule is CC(C)(C)c1ccc(/C=N\NC(=O)CN2CCOCC2)cc1. The molecule has 1 saturated heterocycles. The highest BCUT2D eigenvalue weighted by Gasteiger charge is 2.14. The van der Waals surface area contributed by atoms with Gasteiger partial charge in [-0.05, 0) is 16.5 Å². The van der Waals surface area contributed by atoms with E-state index >= 15 is 0 Å². The monoisotopic (exact) mass is 303 g/mol. The molecule has 1 heterocycles. The van der Waals surface area contributed by atoms with Crippen LogP contribution < -0.4 is 5.43 Å². The molecule has 1 N–H and O–H groups in total. The van der Waals surface area contributed by atoms with E-state index < -0.39 is 0 Å². The summed E-state index contributed by atoms with van der Waals surface area (Å²) in [5, 5.41) is 4.02. The maximum absolute atomic E-state index is 11.8. The van der Waals surface area contributed by atoms with Crippen LogP contribution in [0.4, 0.5) is 0 Å². The van der Waals surface area contributed by atoms with E-state index in [4.69, 9.17) is 4.74 Å². The standard InChI is InChI=1S/C17H25N3O2/c1-17(2,3)15-6-4-14(5-7-15)12-18-19-16(21)13-20-8-10-22-11-9-20/h4-7,12H,8-11,13H2,1-3H3,(H,19,21)/b18-12-.